The lowest BCUT2D eigenvalue weighted by Crippen LogP contribution is -2.01. The number of aromatic nitrogens is 2. The lowest BCUT2D eigenvalue weighted by molar-refractivity contribution is 0.921. The Balaban J connectivity index is 2.07. The summed E-state index contributed by atoms with van der Waals surface area (Å²) in [7, 11) is 0. The largest absolute Gasteiger partial charge is 0.303 e. The molecule has 0 atom stereocenters. The van der Waals surface area contributed by atoms with E-state index in [1.165, 1.54) is 0 Å². The monoisotopic (exact) mass is 333 g/mol. The molecule has 3 aromatic rings. The quantitative estimate of drug-likeness (QED) is 0.617. The lowest BCUT2D eigenvalue weighted by Gasteiger charge is -2.08. The van der Waals surface area contributed by atoms with E-state index in [0.29, 0.717) is 10.6 Å². The molecule has 0 saturated carbocycles. The molecule has 0 spiro atoms. The number of hydrogen-bond donors (Lipinski definition) is 0. The zero-order valence-electron chi connectivity index (χ0n) is 13.5. The normalized spacial score (nSPS) is 11.3. The fourth-order valence-electron chi connectivity index (χ4n) is 2.74. The van der Waals surface area contributed by atoms with Gasteiger partial charge in [0.15, 0.2) is 0 Å². The van der Waals surface area contributed by atoms with Gasteiger partial charge in [0.1, 0.15) is 5.82 Å². The molecule has 24 heavy (non-hydrogen) atoms. The summed E-state index contributed by atoms with van der Waals surface area (Å²) in [6.45, 7) is 4.07. The van der Waals surface area contributed by atoms with Crippen LogP contribution in [0.25, 0.3) is 17.5 Å². The highest BCUT2D eigenvalue weighted by Crippen LogP contribution is 2.25. The van der Waals surface area contributed by atoms with E-state index >= 15 is 0 Å². The van der Waals surface area contributed by atoms with Crippen molar-refractivity contribution in [1.82, 2.24) is 9.55 Å². The van der Waals surface area contributed by atoms with E-state index in [9.17, 15) is 5.26 Å². The number of nitrogens with zero attached hydrogens (tertiary/aromatic N) is 3. The maximum Gasteiger partial charge on any atom is 0.136 e. The van der Waals surface area contributed by atoms with Gasteiger partial charge in [0, 0.05) is 22.6 Å². The van der Waals surface area contributed by atoms with Crippen LogP contribution in [0, 0.1) is 25.2 Å². The first-order valence-corrected chi connectivity index (χ1v) is 7.96. The number of aryl methyl sites for hydroxylation is 1. The Morgan fingerprint density at radius 2 is 1.92 bits per heavy atom. The third-order valence-corrected chi connectivity index (χ3v) is 4.18. The van der Waals surface area contributed by atoms with Crippen LogP contribution in [0.4, 0.5) is 0 Å². The number of nitriles is 1. The Labute approximate surface area is 146 Å². The average Bonchev–Trinajstić information content (AvgIpc) is 2.88. The fourth-order valence-corrected chi connectivity index (χ4v) is 2.86. The summed E-state index contributed by atoms with van der Waals surface area (Å²) in [5.74, 6) is 0.872. The molecule has 0 amide bonds. The second-order valence-corrected chi connectivity index (χ2v) is 5.96. The smallest absolute Gasteiger partial charge is 0.136 e. The minimum Gasteiger partial charge on any atom is -0.303 e. The molecule has 3 rings (SSSR count). The van der Waals surface area contributed by atoms with Crippen molar-refractivity contribution in [3.8, 4) is 11.9 Å². The van der Waals surface area contributed by atoms with E-state index in [-0.39, 0.29) is 0 Å². The van der Waals surface area contributed by atoms with Crippen molar-refractivity contribution < 1.29 is 0 Å². The van der Waals surface area contributed by atoms with Gasteiger partial charge in [-0.2, -0.15) is 5.26 Å². The van der Waals surface area contributed by atoms with Crippen LogP contribution in [0.1, 0.15) is 22.5 Å². The highest BCUT2D eigenvalue weighted by molar-refractivity contribution is 6.30. The summed E-state index contributed by atoms with van der Waals surface area (Å²) < 4.78 is 2.09. The van der Waals surface area contributed by atoms with Crippen LogP contribution in [-0.2, 0) is 0 Å². The molecule has 118 valence electrons. The van der Waals surface area contributed by atoms with E-state index in [0.717, 1.165) is 28.3 Å². The topological polar surface area (TPSA) is 41.6 Å². The molecular weight excluding hydrogens is 318 g/mol. The number of halogens is 1. The Hall–Kier alpha value is -2.83. The standard InChI is InChI=1S/C20H16ClN3/c1-14-11-17(15(2)24(14)20-5-3-4-10-23-20)12-18(13-22)16-6-8-19(21)9-7-16/h3-12H,1-2H3. The average molecular weight is 334 g/mol. The van der Waals surface area contributed by atoms with Crippen LogP contribution in [0.15, 0.2) is 54.7 Å². The molecule has 4 heteroatoms. The summed E-state index contributed by atoms with van der Waals surface area (Å²) in [6.07, 6.45) is 3.68. The Morgan fingerprint density at radius 3 is 2.54 bits per heavy atom. The first kappa shape index (κ1) is 16.0. The maximum absolute atomic E-state index is 9.52. The van der Waals surface area contributed by atoms with E-state index in [4.69, 9.17) is 11.6 Å². The van der Waals surface area contributed by atoms with Gasteiger partial charge in [-0.15, -0.1) is 0 Å². The summed E-state index contributed by atoms with van der Waals surface area (Å²) in [5, 5.41) is 10.2. The van der Waals surface area contributed by atoms with Gasteiger partial charge in [-0.1, -0.05) is 29.8 Å². The van der Waals surface area contributed by atoms with Crippen LogP contribution in [-0.4, -0.2) is 9.55 Å². The number of hydrogen-bond acceptors (Lipinski definition) is 2. The summed E-state index contributed by atoms with van der Waals surface area (Å²) >= 11 is 5.92. The van der Waals surface area contributed by atoms with Crippen molar-refractivity contribution in [1.29, 1.82) is 5.26 Å². The molecule has 0 fully saturated rings. The van der Waals surface area contributed by atoms with E-state index < -0.39 is 0 Å². The molecular formula is C20H16ClN3. The molecule has 0 aliphatic carbocycles. The minimum atomic E-state index is 0.605. The summed E-state index contributed by atoms with van der Waals surface area (Å²) in [6, 6.07) is 17.5. The molecule has 0 aliphatic heterocycles. The first-order valence-electron chi connectivity index (χ1n) is 7.58. The van der Waals surface area contributed by atoms with Crippen LogP contribution >= 0.6 is 11.6 Å². The maximum atomic E-state index is 9.52. The van der Waals surface area contributed by atoms with Gasteiger partial charge in [-0.05, 0) is 61.4 Å². The molecule has 0 saturated heterocycles. The van der Waals surface area contributed by atoms with Gasteiger partial charge < -0.3 is 4.57 Å². The molecule has 0 bridgehead atoms. The molecule has 2 aromatic heterocycles. The second kappa shape index (κ2) is 6.74. The zero-order chi connectivity index (χ0) is 17.1. The number of rotatable bonds is 3. The number of benzene rings is 1. The Bertz CT molecular complexity index is 930. The summed E-state index contributed by atoms with van der Waals surface area (Å²) in [5.41, 5.74) is 4.58. The SMILES string of the molecule is Cc1cc(C=C(C#N)c2ccc(Cl)cc2)c(C)n1-c1ccccn1. The van der Waals surface area contributed by atoms with Gasteiger partial charge in [-0.3, -0.25) is 0 Å². The molecule has 0 aliphatic rings. The highest BCUT2D eigenvalue weighted by atomic mass is 35.5. The zero-order valence-corrected chi connectivity index (χ0v) is 14.2. The fraction of sp³-hybridized carbons (Fsp3) is 0.100. The van der Waals surface area contributed by atoms with Gasteiger partial charge in [0.05, 0.1) is 11.6 Å². The van der Waals surface area contributed by atoms with E-state index in [2.05, 4.69) is 21.7 Å². The molecule has 1 aromatic carbocycles. The molecule has 3 nitrogen and oxygen atoms in total. The Kier molecular flexibility index (Phi) is 4.50. The first-order chi connectivity index (χ1) is 11.6. The van der Waals surface area contributed by atoms with Crippen LogP contribution in [0.3, 0.4) is 0 Å². The predicted molar refractivity (Wildman–Crippen MR) is 98.0 cm³/mol. The molecule has 0 unspecified atom stereocenters. The lowest BCUT2D eigenvalue weighted by atomic mass is 10.0. The van der Waals surface area contributed by atoms with Gasteiger partial charge >= 0.3 is 0 Å². The highest BCUT2D eigenvalue weighted by Gasteiger charge is 2.11. The molecule has 2 heterocycles. The van der Waals surface area contributed by atoms with Crippen LogP contribution < -0.4 is 0 Å². The Morgan fingerprint density at radius 1 is 1.17 bits per heavy atom. The van der Waals surface area contributed by atoms with Crippen LogP contribution in [0.2, 0.25) is 5.02 Å². The van der Waals surface area contributed by atoms with Crippen molar-refractivity contribution >= 4 is 23.3 Å². The number of pyridine rings is 1. The van der Waals surface area contributed by atoms with Gasteiger partial charge in [0.2, 0.25) is 0 Å². The van der Waals surface area contributed by atoms with Crippen molar-refractivity contribution in [3.05, 3.63) is 82.3 Å². The minimum absolute atomic E-state index is 0.605. The van der Waals surface area contributed by atoms with E-state index in [1.807, 2.05) is 50.3 Å². The second-order valence-electron chi connectivity index (χ2n) is 5.53. The van der Waals surface area contributed by atoms with Crippen molar-refractivity contribution in [2.75, 3.05) is 0 Å². The molecule has 0 radical (unpaired) electrons. The van der Waals surface area contributed by atoms with Crippen molar-refractivity contribution in [2.24, 2.45) is 0 Å². The number of allylic oxidation sites excluding steroid dienone is 1. The summed E-state index contributed by atoms with van der Waals surface area (Å²) in [4.78, 5) is 4.41. The van der Waals surface area contributed by atoms with Crippen molar-refractivity contribution in [3.63, 3.8) is 0 Å². The third-order valence-electron chi connectivity index (χ3n) is 3.92. The van der Waals surface area contributed by atoms with Crippen molar-refractivity contribution in [2.45, 2.75) is 13.8 Å². The van der Waals surface area contributed by atoms with Gasteiger partial charge in [-0.25, -0.2) is 4.98 Å². The molecule has 0 N–H and O–H groups in total. The predicted octanol–water partition coefficient (Wildman–Crippen LogP) is 5.21. The van der Waals surface area contributed by atoms with Crippen LogP contribution in [0.5, 0.6) is 0 Å². The van der Waals surface area contributed by atoms with E-state index in [1.54, 1.807) is 18.3 Å². The van der Waals surface area contributed by atoms with Gasteiger partial charge in [0.25, 0.3) is 0 Å². The third kappa shape index (κ3) is 3.10.